The third-order valence-electron chi connectivity index (χ3n) is 4.27. The molecular weight excluding hydrogens is 326 g/mol. The van der Waals surface area contributed by atoms with Crippen molar-refractivity contribution in [1.29, 1.82) is 0 Å². The minimum absolute atomic E-state index is 0.334. The van der Waals surface area contributed by atoms with E-state index in [9.17, 15) is 13.6 Å². The number of H-pyrrole nitrogens is 1. The predicted octanol–water partition coefficient (Wildman–Crippen LogP) is 4.49. The Hall–Kier alpha value is -2.89. The Kier molecular flexibility index (Phi) is 3.87. The van der Waals surface area contributed by atoms with Gasteiger partial charge in [-0.3, -0.25) is 4.79 Å². The molecule has 0 unspecified atom stereocenters. The second-order valence-corrected chi connectivity index (χ2v) is 6.25. The first-order valence-electron chi connectivity index (χ1n) is 8.10. The maximum atomic E-state index is 13.4. The van der Waals surface area contributed by atoms with Gasteiger partial charge in [0.05, 0.1) is 17.8 Å². The van der Waals surface area contributed by atoms with E-state index in [1.165, 1.54) is 19.0 Å². The normalized spacial score (nSPS) is 13.8. The summed E-state index contributed by atoms with van der Waals surface area (Å²) in [6.07, 6.45) is 3.94. The molecule has 4 rings (SSSR count). The van der Waals surface area contributed by atoms with Crippen LogP contribution in [0.4, 0.5) is 14.5 Å². The van der Waals surface area contributed by atoms with Gasteiger partial charge in [-0.1, -0.05) is 0 Å². The summed E-state index contributed by atoms with van der Waals surface area (Å²) in [5, 5.41) is 3.12. The first kappa shape index (κ1) is 15.6. The van der Waals surface area contributed by atoms with E-state index in [1.807, 2.05) is 0 Å². The lowest BCUT2D eigenvalue weighted by molar-refractivity contribution is 0.102. The highest BCUT2D eigenvalue weighted by Gasteiger charge is 2.21. The van der Waals surface area contributed by atoms with Crippen LogP contribution in [-0.2, 0) is 0 Å². The van der Waals surface area contributed by atoms with Gasteiger partial charge in [-0.2, -0.15) is 0 Å². The first-order chi connectivity index (χ1) is 12.1. The van der Waals surface area contributed by atoms with Gasteiger partial charge in [0.1, 0.15) is 5.75 Å². The molecule has 0 aliphatic heterocycles. The molecule has 0 spiro atoms. The van der Waals surface area contributed by atoms with Gasteiger partial charge in [-0.25, -0.2) is 8.78 Å². The zero-order valence-electron chi connectivity index (χ0n) is 13.3. The second-order valence-electron chi connectivity index (χ2n) is 6.25. The molecule has 128 valence electrons. The third-order valence-corrected chi connectivity index (χ3v) is 4.27. The van der Waals surface area contributed by atoms with E-state index in [-0.39, 0.29) is 5.91 Å². The van der Waals surface area contributed by atoms with E-state index < -0.39 is 11.6 Å². The molecule has 1 aliphatic rings. The molecule has 2 N–H and O–H groups in total. The van der Waals surface area contributed by atoms with Crippen LogP contribution in [0.15, 0.2) is 42.6 Å². The quantitative estimate of drug-likeness (QED) is 0.718. The summed E-state index contributed by atoms with van der Waals surface area (Å²) < 4.78 is 32.3. The van der Waals surface area contributed by atoms with Crippen molar-refractivity contribution < 1.29 is 18.3 Å². The summed E-state index contributed by atoms with van der Waals surface area (Å²) in [6, 6.07) is 8.97. The number of hydrogen-bond donors (Lipinski definition) is 2. The Morgan fingerprint density at radius 2 is 1.88 bits per heavy atom. The number of hydrogen-bond acceptors (Lipinski definition) is 2. The fourth-order valence-corrected chi connectivity index (χ4v) is 2.62. The molecular formula is C19H16F2N2O2. The van der Waals surface area contributed by atoms with Crippen molar-refractivity contribution in [2.45, 2.75) is 12.8 Å². The van der Waals surface area contributed by atoms with Crippen LogP contribution in [0, 0.1) is 17.6 Å². The van der Waals surface area contributed by atoms with Crippen LogP contribution in [-0.4, -0.2) is 17.5 Å². The van der Waals surface area contributed by atoms with Gasteiger partial charge in [-0.05, 0) is 49.1 Å². The maximum Gasteiger partial charge on any atom is 0.255 e. The van der Waals surface area contributed by atoms with Crippen molar-refractivity contribution in [3.8, 4) is 5.75 Å². The summed E-state index contributed by atoms with van der Waals surface area (Å²) in [4.78, 5) is 15.2. The Labute approximate surface area is 142 Å². The molecule has 1 aromatic heterocycles. The van der Waals surface area contributed by atoms with Crippen LogP contribution < -0.4 is 10.1 Å². The number of aromatic amines is 1. The van der Waals surface area contributed by atoms with E-state index in [0.29, 0.717) is 34.7 Å². The summed E-state index contributed by atoms with van der Waals surface area (Å²) in [5.41, 5.74) is 1.27. The van der Waals surface area contributed by atoms with Crippen LogP contribution in [0.2, 0.25) is 0 Å². The SMILES string of the molecule is O=C(Nc1c[nH]c2cc(F)c(F)cc12)c1ccc(OCC2CC2)cc1. The second kappa shape index (κ2) is 6.20. The highest BCUT2D eigenvalue weighted by atomic mass is 19.2. The van der Waals surface area contributed by atoms with Gasteiger partial charge in [0.2, 0.25) is 0 Å². The first-order valence-corrected chi connectivity index (χ1v) is 8.10. The summed E-state index contributed by atoms with van der Waals surface area (Å²) in [7, 11) is 0. The van der Waals surface area contributed by atoms with E-state index >= 15 is 0 Å². The predicted molar refractivity (Wildman–Crippen MR) is 90.8 cm³/mol. The van der Waals surface area contributed by atoms with Crippen molar-refractivity contribution in [3.05, 3.63) is 59.8 Å². The van der Waals surface area contributed by atoms with Gasteiger partial charge < -0.3 is 15.0 Å². The standard InChI is InChI=1S/C19H16F2N2O2/c20-15-7-14-17(8-16(15)21)22-9-18(14)23-19(24)12-3-5-13(6-4-12)25-10-11-1-2-11/h3-9,11,22H,1-2,10H2,(H,23,24). The largest absolute Gasteiger partial charge is 0.493 e. The van der Waals surface area contributed by atoms with Crippen molar-refractivity contribution in [2.24, 2.45) is 5.92 Å². The number of ether oxygens (including phenoxy) is 1. The molecule has 25 heavy (non-hydrogen) atoms. The van der Waals surface area contributed by atoms with E-state index in [2.05, 4.69) is 10.3 Å². The fourth-order valence-electron chi connectivity index (χ4n) is 2.62. The van der Waals surface area contributed by atoms with Crippen molar-refractivity contribution in [1.82, 2.24) is 4.98 Å². The van der Waals surface area contributed by atoms with Crippen LogP contribution >= 0.6 is 0 Å². The summed E-state index contributed by atoms with van der Waals surface area (Å²) in [5.74, 6) is -0.837. The van der Waals surface area contributed by atoms with Gasteiger partial charge in [-0.15, -0.1) is 0 Å². The average molecular weight is 342 g/mol. The van der Waals surface area contributed by atoms with Crippen LogP contribution in [0.3, 0.4) is 0 Å². The number of rotatable bonds is 5. The van der Waals surface area contributed by atoms with E-state index in [4.69, 9.17) is 4.74 Å². The van der Waals surface area contributed by atoms with Crippen LogP contribution in [0.1, 0.15) is 23.2 Å². The summed E-state index contributed by atoms with van der Waals surface area (Å²) in [6.45, 7) is 0.711. The minimum Gasteiger partial charge on any atom is -0.493 e. The van der Waals surface area contributed by atoms with Crippen molar-refractivity contribution in [2.75, 3.05) is 11.9 Å². The minimum atomic E-state index is -0.959. The molecule has 1 fully saturated rings. The third kappa shape index (κ3) is 3.33. The van der Waals surface area contributed by atoms with Crippen molar-refractivity contribution in [3.63, 3.8) is 0 Å². The number of carbonyl (C=O) groups is 1. The lowest BCUT2D eigenvalue weighted by atomic mass is 10.2. The Morgan fingerprint density at radius 3 is 2.60 bits per heavy atom. The Morgan fingerprint density at radius 1 is 1.16 bits per heavy atom. The number of fused-ring (bicyclic) bond motifs is 1. The fraction of sp³-hybridized carbons (Fsp3) is 0.211. The molecule has 6 heteroatoms. The molecule has 3 aromatic rings. The lowest BCUT2D eigenvalue weighted by Crippen LogP contribution is -2.11. The number of nitrogens with one attached hydrogen (secondary N) is 2. The molecule has 0 radical (unpaired) electrons. The number of anilines is 1. The molecule has 0 saturated heterocycles. The Bertz CT molecular complexity index is 930. The molecule has 2 aromatic carbocycles. The average Bonchev–Trinajstić information content (AvgIpc) is 3.37. The Balaban J connectivity index is 1.48. The monoisotopic (exact) mass is 342 g/mol. The molecule has 0 atom stereocenters. The lowest BCUT2D eigenvalue weighted by Gasteiger charge is -2.07. The maximum absolute atomic E-state index is 13.4. The number of halogens is 2. The zero-order valence-corrected chi connectivity index (χ0v) is 13.3. The highest BCUT2D eigenvalue weighted by Crippen LogP contribution is 2.30. The summed E-state index contributed by atoms with van der Waals surface area (Å²) >= 11 is 0. The van der Waals surface area contributed by atoms with Crippen LogP contribution in [0.5, 0.6) is 5.75 Å². The van der Waals surface area contributed by atoms with Crippen molar-refractivity contribution >= 4 is 22.5 Å². The van der Waals surface area contributed by atoms with E-state index in [1.54, 1.807) is 24.3 Å². The van der Waals surface area contributed by atoms with Gasteiger partial charge >= 0.3 is 0 Å². The molecule has 1 amide bonds. The number of carbonyl (C=O) groups excluding carboxylic acids is 1. The van der Waals surface area contributed by atoms with Crippen LogP contribution in [0.25, 0.3) is 10.9 Å². The zero-order chi connectivity index (χ0) is 17.4. The smallest absolute Gasteiger partial charge is 0.255 e. The highest BCUT2D eigenvalue weighted by molar-refractivity contribution is 6.09. The van der Waals surface area contributed by atoms with Gasteiger partial charge in [0, 0.05) is 23.2 Å². The number of benzene rings is 2. The molecule has 0 bridgehead atoms. The topological polar surface area (TPSA) is 54.1 Å². The number of aromatic nitrogens is 1. The molecule has 1 saturated carbocycles. The van der Waals surface area contributed by atoms with E-state index in [0.717, 1.165) is 17.9 Å². The molecule has 1 heterocycles. The van der Waals surface area contributed by atoms with Gasteiger partial charge in [0.25, 0.3) is 5.91 Å². The van der Waals surface area contributed by atoms with Gasteiger partial charge in [0.15, 0.2) is 11.6 Å². The number of amides is 1. The molecule has 1 aliphatic carbocycles. The molecule has 4 nitrogen and oxygen atoms in total.